The Kier molecular flexibility index (Phi) is 3.05. The minimum absolute atomic E-state index is 0.0464. The fraction of sp³-hybridized carbons (Fsp3) is 0. The molecule has 0 saturated heterocycles. The average molecular weight is 125 g/mol. The minimum atomic E-state index is -1.07. The molecule has 0 aromatic carbocycles. The summed E-state index contributed by atoms with van der Waals surface area (Å²) >= 11 is 0. The van der Waals surface area contributed by atoms with E-state index in [-0.39, 0.29) is 5.57 Å². The fourth-order valence-corrected chi connectivity index (χ4v) is 0.198. The molecule has 9 heavy (non-hydrogen) atoms. The zero-order valence-corrected chi connectivity index (χ0v) is 4.87. The van der Waals surface area contributed by atoms with Gasteiger partial charge in [-0.2, -0.15) is 0 Å². The van der Waals surface area contributed by atoms with Crippen molar-refractivity contribution in [1.29, 1.82) is 0 Å². The molecule has 3 nitrogen and oxygen atoms in total. The van der Waals surface area contributed by atoms with E-state index in [9.17, 15) is 4.79 Å². The molecule has 0 heterocycles. The number of carbonyl (C=O) groups is 1. The van der Waals surface area contributed by atoms with Crippen LogP contribution in [0.4, 0.5) is 0 Å². The smallest absolute Gasteiger partial charge is 0.336 e. The van der Waals surface area contributed by atoms with Gasteiger partial charge in [-0.25, -0.2) is 4.79 Å². The summed E-state index contributed by atoms with van der Waals surface area (Å²) in [4.78, 5) is 13.4. The second-order valence-corrected chi connectivity index (χ2v) is 1.29. The van der Waals surface area contributed by atoms with Gasteiger partial charge in [0.1, 0.15) is 0 Å². The Bertz CT molecular complexity index is 170. The topological polar surface area (TPSA) is 49.7 Å². The maximum absolute atomic E-state index is 9.98. The minimum Gasteiger partial charge on any atom is -0.478 e. The first-order valence-electron chi connectivity index (χ1n) is 2.24. The predicted molar refractivity (Wildman–Crippen MR) is 35.5 cm³/mol. The first kappa shape index (κ1) is 7.62. The maximum Gasteiger partial charge on any atom is 0.336 e. The Labute approximate surface area is 53.0 Å². The molecule has 0 radical (unpaired) electrons. The number of hydrogen-bond donors (Lipinski definition) is 1. The van der Waals surface area contributed by atoms with Crippen LogP contribution in [0.5, 0.6) is 0 Å². The van der Waals surface area contributed by atoms with Crippen LogP contribution < -0.4 is 0 Å². The van der Waals surface area contributed by atoms with Gasteiger partial charge in [0, 0.05) is 12.4 Å². The van der Waals surface area contributed by atoms with Crippen molar-refractivity contribution in [2.45, 2.75) is 0 Å². The van der Waals surface area contributed by atoms with Crippen molar-refractivity contribution in [2.24, 2.45) is 4.99 Å². The van der Waals surface area contributed by atoms with Crippen molar-refractivity contribution in [2.75, 3.05) is 0 Å². The highest BCUT2D eigenvalue weighted by Gasteiger charge is 1.96. The molecule has 0 aliphatic rings. The van der Waals surface area contributed by atoms with Crippen LogP contribution in [0.1, 0.15) is 0 Å². The van der Waals surface area contributed by atoms with Gasteiger partial charge in [-0.1, -0.05) is 13.2 Å². The molecule has 1 N–H and O–H groups in total. The molecule has 0 aliphatic carbocycles. The van der Waals surface area contributed by atoms with E-state index in [2.05, 4.69) is 18.2 Å². The van der Waals surface area contributed by atoms with Gasteiger partial charge in [0.15, 0.2) is 0 Å². The SMILES string of the molecule is C=C/N=C\C(=C)C(=O)O. The summed E-state index contributed by atoms with van der Waals surface area (Å²) in [5.41, 5.74) is -0.0464. The lowest BCUT2D eigenvalue weighted by molar-refractivity contribution is -0.131. The van der Waals surface area contributed by atoms with Crippen molar-refractivity contribution in [3.05, 3.63) is 24.9 Å². The van der Waals surface area contributed by atoms with Gasteiger partial charge in [0.2, 0.25) is 0 Å². The average Bonchev–Trinajstić information content (AvgIpc) is 1.82. The lowest BCUT2D eigenvalue weighted by Gasteiger charge is -1.84. The second kappa shape index (κ2) is 3.60. The molecule has 0 atom stereocenters. The van der Waals surface area contributed by atoms with Gasteiger partial charge in [0.25, 0.3) is 0 Å². The van der Waals surface area contributed by atoms with E-state index in [1.165, 1.54) is 6.20 Å². The Morgan fingerprint density at radius 2 is 2.22 bits per heavy atom. The summed E-state index contributed by atoms with van der Waals surface area (Å²) in [6.45, 7) is 6.46. The van der Waals surface area contributed by atoms with E-state index < -0.39 is 5.97 Å². The number of rotatable bonds is 3. The number of aliphatic carboxylic acids is 1. The Hall–Kier alpha value is -1.38. The largest absolute Gasteiger partial charge is 0.478 e. The summed E-state index contributed by atoms with van der Waals surface area (Å²) in [5, 5.41) is 8.18. The molecule has 0 spiro atoms. The number of hydrogen-bond acceptors (Lipinski definition) is 2. The molecule has 0 amide bonds. The van der Waals surface area contributed by atoms with Crippen LogP contribution in [0.15, 0.2) is 29.9 Å². The highest BCUT2D eigenvalue weighted by Crippen LogP contribution is 1.83. The molecule has 0 fully saturated rings. The summed E-state index contributed by atoms with van der Waals surface area (Å²) in [6.07, 6.45) is 2.38. The summed E-state index contributed by atoms with van der Waals surface area (Å²) in [5.74, 6) is -1.07. The summed E-state index contributed by atoms with van der Waals surface area (Å²) < 4.78 is 0. The van der Waals surface area contributed by atoms with Crippen LogP contribution in [-0.2, 0) is 4.79 Å². The third kappa shape index (κ3) is 3.22. The first-order chi connectivity index (χ1) is 4.18. The van der Waals surface area contributed by atoms with Crippen molar-refractivity contribution < 1.29 is 9.90 Å². The maximum atomic E-state index is 9.98. The second-order valence-electron chi connectivity index (χ2n) is 1.29. The molecular weight excluding hydrogens is 118 g/mol. The highest BCUT2D eigenvalue weighted by molar-refractivity contribution is 6.07. The van der Waals surface area contributed by atoms with Crippen LogP contribution >= 0.6 is 0 Å². The van der Waals surface area contributed by atoms with Crippen LogP contribution in [0.25, 0.3) is 0 Å². The molecule has 3 heteroatoms. The van der Waals surface area contributed by atoms with Gasteiger partial charge >= 0.3 is 5.97 Å². The standard InChI is InChI=1S/C6H7NO2/c1-3-7-4-5(2)6(8)9/h3-4H,1-2H2,(H,8,9)/b7-4-. The molecule has 0 aromatic rings. The van der Waals surface area contributed by atoms with Gasteiger partial charge in [0.05, 0.1) is 5.57 Å². The Morgan fingerprint density at radius 3 is 2.56 bits per heavy atom. The van der Waals surface area contributed by atoms with Gasteiger partial charge in [-0.3, -0.25) is 4.99 Å². The van der Waals surface area contributed by atoms with E-state index in [1.807, 2.05) is 0 Å². The van der Waals surface area contributed by atoms with Crippen molar-refractivity contribution in [1.82, 2.24) is 0 Å². The lowest BCUT2D eigenvalue weighted by atomic mass is 10.3. The predicted octanol–water partition coefficient (Wildman–Crippen LogP) is 0.842. The molecule has 48 valence electrons. The number of aliphatic imine (C=N–C) groups is 1. The molecule has 0 saturated carbocycles. The summed E-state index contributed by atoms with van der Waals surface area (Å²) in [6, 6.07) is 0. The van der Waals surface area contributed by atoms with Crippen molar-refractivity contribution in [3.63, 3.8) is 0 Å². The quantitative estimate of drug-likeness (QED) is 0.449. The van der Waals surface area contributed by atoms with E-state index in [0.29, 0.717) is 0 Å². The lowest BCUT2D eigenvalue weighted by Crippen LogP contribution is -1.98. The molecule has 0 unspecified atom stereocenters. The van der Waals surface area contributed by atoms with Gasteiger partial charge < -0.3 is 5.11 Å². The molecule has 0 bridgehead atoms. The number of carboxylic acids is 1. The van der Waals surface area contributed by atoms with Crippen molar-refractivity contribution in [3.8, 4) is 0 Å². The third-order valence-corrected chi connectivity index (χ3v) is 0.610. The van der Waals surface area contributed by atoms with Crippen molar-refractivity contribution >= 4 is 12.2 Å². The van der Waals surface area contributed by atoms with E-state index in [4.69, 9.17) is 5.11 Å². The summed E-state index contributed by atoms with van der Waals surface area (Å²) in [7, 11) is 0. The third-order valence-electron chi connectivity index (χ3n) is 0.610. The van der Waals surface area contributed by atoms with Crippen LogP contribution in [0, 0.1) is 0 Å². The fourth-order valence-electron chi connectivity index (χ4n) is 0.198. The highest BCUT2D eigenvalue weighted by atomic mass is 16.4. The van der Waals surface area contributed by atoms with Gasteiger partial charge in [-0.05, 0) is 0 Å². The van der Waals surface area contributed by atoms with E-state index >= 15 is 0 Å². The van der Waals surface area contributed by atoms with Crippen LogP contribution in [0.2, 0.25) is 0 Å². The number of nitrogens with zero attached hydrogens (tertiary/aromatic N) is 1. The van der Waals surface area contributed by atoms with Crippen LogP contribution in [0.3, 0.4) is 0 Å². The number of carboxylic acid groups (broad SMARTS) is 1. The molecule has 0 aliphatic heterocycles. The van der Waals surface area contributed by atoms with Gasteiger partial charge in [-0.15, -0.1) is 0 Å². The monoisotopic (exact) mass is 125 g/mol. The zero-order valence-electron chi connectivity index (χ0n) is 4.87. The Morgan fingerprint density at radius 1 is 1.67 bits per heavy atom. The van der Waals surface area contributed by atoms with E-state index in [0.717, 1.165) is 6.21 Å². The molecule has 0 aromatic heterocycles. The Balaban J connectivity index is 3.92. The van der Waals surface area contributed by atoms with Crippen LogP contribution in [-0.4, -0.2) is 17.3 Å². The molecule has 0 rings (SSSR count). The molecular formula is C6H7NO2. The normalized spacial score (nSPS) is 9.33. The zero-order chi connectivity index (χ0) is 7.28. The first-order valence-corrected chi connectivity index (χ1v) is 2.24. The van der Waals surface area contributed by atoms with E-state index in [1.54, 1.807) is 0 Å².